The van der Waals surface area contributed by atoms with Crippen LogP contribution in [0.3, 0.4) is 0 Å². The molecule has 3 rings (SSSR count). The van der Waals surface area contributed by atoms with E-state index >= 15 is 0 Å². The predicted molar refractivity (Wildman–Crippen MR) is 103 cm³/mol. The molecule has 0 bridgehead atoms. The van der Waals surface area contributed by atoms with Gasteiger partial charge < -0.3 is 14.5 Å². The summed E-state index contributed by atoms with van der Waals surface area (Å²) < 4.78 is 5.45. The topological polar surface area (TPSA) is 75.9 Å². The maximum atomic E-state index is 12.4. The predicted octanol–water partition coefficient (Wildman–Crippen LogP) is 2.94. The Hall–Kier alpha value is -3.09. The van der Waals surface area contributed by atoms with Crippen LogP contribution in [0, 0.1) is 24.0 Å². The van der Waals surface area contributed by atoms with Crippen molar-refractivity contribution in [3.05, 3.63) is 63.7 Å². The fraction of sp³-hybridized carbons (Fsp3) is 0.350. The van der Waals surface area contributed by atoms with Gasteiger partial charge >= 0.3 is 0 Å². The Bertz CT molecular complexity index is 845. The van der Waals surface area contributed by atoms with Crippen molar-refractivity contribution in [1.82, 2.24) is 4.90 Å². The number of amides is 1. The van der Waals surface area contributed by atoms with Gasteiger partial charge in [-0.1, -0.05) is 18.2 Å². The number of aryl methyl sites for hydroxylation is 1. The van der Waals surface area contributed by atoms with Crippen LogP contribution in [0.15, 0.2) is 42.5 Å². The number of piperazine rings is 1. The highest BCUT2D eigenvalue weighted by atomic mass is 16.6. The lowest BCUT2D eigenvalue weighted by atomic mass is 10.1. The maximum absolute atomic E-state index is 12.4. The third-order valence-electron chi connectivity index (χ3n) is 4.94. The average molecular weight is 369 g/mol. The molecule has 1 heterocycles. The van der Waals surface area contributed by atoms with E-state index in [0.717, 1.165) is 13.1 Å². The molecule has 1 saturated heterocycles. The summed E-state index contributed by atoms with van der Waals surface area (Å²) in [5.41, 5.74) is 3.69. The van der Waals surface area contributed by atoms with Gasteiger partial charge in [-0.25, -0.2) is 0 Å². The van der Waals surface area contributed by atoms with Gasteiger partial charge in [0, 0.05) is 37.9 Å². The number of nitro groups is 1. The largest absolute Gasteiger partial charge is 0.484 e. The van der Waals surface area contributed by atoms with E-state index in [0.29, 0.717) is 18.8 Å². The molecule has 1 aliphatic rings. The molecule has 2 aromatic rings. The standard InChI is InChI=1S/C20H23N3O4/c1-15-5-3-8-19(16(15)2)21-9-11-22(12-10-21)20(24)14-27-18-7-4-6-17(13-18)23(25)26/h3-8,13H,9-12,14H2,1-2H3. The smallest absolute Gasteiger partial charge is 0.273 e. The molecule has 0 aliphatic carbocycles. The lowest BCUT2D eigenvalue weighted by molar-refractivity contribution is -0.384. The second kappa shape index (κ2) is 8.07. The van der Waals surface area contributed by atoms with Gasteiger partial charge in [-0.05, 0) is 37.1 Å². The van der Waals surface area contributed by atoms with E-state index in [2.05, 4.69) is 36.9 Å². The minimum Gasteiger partial charge on any atom is -0.484 e. The molecular weight excluding hydrogens is 346 g/mol. The molecule has 1 aliphatic heterocycles. The first-order chi connectivity index (χ1) is 13.0. The van der Waals surface area contributed by atoms with Gasteiger partial charge in [-0.2, -0.15) is 0 Å². The molecule has 0 unspecified atom stereocenters. The number of hydrogen-bond donors (Lipinski definition) is 0. The van der Waals surface area contributed by atoms with Gasteiger partial charge in [0.05, 0.1) is 11.0 Å². The molecule has 7 nitrogen and oxygen atoms in total. The van der Waals surface area contributed by atoms with Crippen molar-refractivity contribution in [3.8, 4) is 5.75 Å². The quantitative estimate of drug-likeness (QED) is 0.598. The van der Waals surface area contributed by atoms with Crippen molar-refractivity contribution < 1.29 is 14.5 Å². The second-order valence-corrected chi connectivity index (χ2v) is 6.63. The summed E-state index contributed by atoms with van der Waals surface area (Å²) in [6, 6.07) is 12.1. The Balaban J connectivity index is 1.53. The van der Waals surface area contributed by atoms with Crippen LogP contribution in [0.25, 0.3) is 0 Å². The number of non-ortho nitro benzene ring substituents is 1. The zero-order valence-electron chi connectivity index (χ0n) is 15.6. The highest BCUT2D eigenvalue weighted by Crippen LogP contribution is 2.24. The zero-order valence-corrected chi connectivity index (χ0v) is 15.6. The first-order valence-corrected chi connectivity index (χ1v) is 8.92. The van der Waals surface area contributed by atoms with Crippen LogP contribution < -0.4 is 9.64 Å². The van der Waals surface area contributed by atoms with E-state index in [9.17, 15) is 14.9 Å². The van der Waals surface area contributed by atoms with Crippen LogP contribution >= 0.6 is 0 Å². The van der Waals surface area contributed by atoms with Crippen molar-refractivity contribution >= 4 is 17.3 Å². The van der Waals surface area contributed by atoms with Crippen LogP contribution in [0.1, 0.15) is 11.1 Å². The van der Waals surface area contributed by atoms with Crippen molar-refractivity contribution in [2.24, 2.45) is 0 Å². The Labute approximate surface area is 158 Å². The molecule has 0 saturated carbocycles. The van der Waals surface area contributed by atoms with Crippen molar-refractivity contribution in [2.45, 2.75) is 13.8 Å². The Morgan fingerprint density at radius 1 is 1.11 bits per heavy atom. The summed E-state index contributed by atoms with van der Waals surface area (Å²) in [7, 11) is 0. The Morgan fingerprint density at radius 3 is 2.52 bits per heavy atom. The van der Waals surface area contributed by atoms with Gasteiger partial charge in [0.1, 0.15) is 5.75 Å². The molecule has 0 radical (unpaired) electrons. The number of rotatable bonds is 5. The molecule has 27 heavy (non-hydrogen) atoms. The molecule has 0 N–H and O–H groups in total. The molecule has 0 atom stereocenters. The summed E-state index contributed by atoms with van der Waals surface area (Å²) in [5.74, 6) is 0.216. The van der Waals surface area contributed by atoms with Crippen molar-refractivity contribution in [1.29, 1.82) is 0 Å². The Kier molecular flexibility index (Phi) is 5.59. The van der Waals surface area contributed by atoms with Gasteiger partial charge in [-0.3, -0.25) is 14.9 Å². The van der Waals surface area contributed by atoms with Crippen LogP contribution in [-0.4, -0.2) is 48.5 Å². The maximum Gasteiger partial charge on any atom is 0.273 e. The molecule has 7 heteroatoms. The number of hydrogen-bond acceptors (Lipinski definition) is 5. The number of ether oxygens (including phenoxy) is 1. The monoisotopic (exact) mass is 369 g/mol. The molecule has 1 amide bonds. The summed E-state index contributed by atoms with van der Waals surface area (Å²) in [5, 5.41) is 10.8. The molecule has 0 aromatic heterocycles. The highest BCUT2D eigenvalue weighted by molar-refractivity contribution is 5.78. The van der Waals surface area contributed by atoms with E-state index in [1.54, 1.807) is 17.0 Å². The van der Waals surface area contributed by atoms with Gasteiger partial charge in [0.15, 0.2) is 6.61 Å². The summed E-state index contributed by atoms with van der Waals surface area (Å²) in [4.78, 5) is 26.8. The number of carbonyl (C=O) groups excluding carboxylic acids is 1. The van der Waals surface area contributed by atoms with E-state index in [1.165, 1.54) is 28.9 Å². The molecular formula is C20H23N3O4. The van der Waals surface area contributed by atoms with Crippen LogP contribution in [0.2, 0.25) is 0 Å². The number of nitro benzene ring substituents is 1. The summed E-state index contributed by atoms with van der Waals surface area (Å²) in [6.07, 6.45) is 0. The number of nitrogens with zero attached hydrogens (tertiary/aromatic N) is 3. The first-order valence-electron chi connectivity index (χ1n) is 8.92. The van der Waals surface area contributed by atoms with Crippen molar-refractivity contribution in [2.75, 3.05) is 37.7 Å². The van der Waals surface area contributed by atoms with Crippen LogP contribution in [0.4, 0.5) is 11.4 Å². The normalized spacial score (nSPS) is 14.1. The van der Waals surface area contributed by atoms with Crippen LogP contribution in [-0.2, 0) is 4.79 Å². The number of benzene rings is 2. The number of carbonyl (C=O) groups is 1. The summed E-state index contributed by atoms with van der Waals surface area (Å²) in [6.45, 7) is 6.90. The summed E-state index contributed by atoms with van der Waals surface area (Å²) >= 11 is 0. The molecule has 0 spiro atoms. The lowest BCUT2D eigenvalue weighted by Gasteiger charge is -2.37. The van der Waals surface area contributed by atoms with Gasteiger partial charge in [0.25, 0.3) is 11.6 Å². The van der Waals surface area contributed by atoms with Gasteiger partial charge in [-0.15, -0.1) is 0 Å². The number of anilines is 1. The SMILES string of the molecule is Cc1cccc(N2CCN(C(=O)COc3cccc([N+](=O)[O-])c3)CC2)c1C. The fourth-order valence-corrected chi connectivity index (χ4v) is 3.20. The highest BCUT2D eigenvalue weighted by Gasteiger charge is 2.22. The Morgan fingerprint density at radius 2 is 1.81 bits per heavy atom. The van der Waals surface area contributed by atoms with Crippen molar-refractivity contribution in [3.63, 3.8) is 0 Å². The van der Waals surface area contributed by atoms with E-state index in [-0.39, 0.29) is 18.2 Å². The fourth-order valence-electron chi connectivity index (χ4n) is 3.20. The van der Waals surface area contributed by atoms with Crippen LogP contribution in [0.5, 0.6) is 5.75 Å². The minimum absolute atomic E-state index is 0.0536. The second-order valence-electron chi connectivity index (χ2n) is 6.63. The van der Waals surface area contributed by atoms with E-state index in [4.69, 9.17) is 4.74 Å². The average Bonchev–Trinajstić information content (AvgIpc) is 2.68. The van der Waals surface area contributed by atoms with Gasteiger partial charge in [0.2, 0.25) is 0 Å². The third kappa shape index (κ3) is 4.36. The molecule has 142 valence electrons. The third-order valence-corrected chi connectivity index (χ3v) is 4.94. The zero-order chi connectivity index (χ0) is 19.4. The minimum atomic E-state index is -0.485. The molecule has 1 fully saturated rings. The van der Waals surface area contributed by atoms with E-state index < -0.39 is 4.92 Å². The van der Waals surface area contributed by atoms with E-state index in [1.807, 2.05) is 0 Å². The first kappa shape index (κ1) is 18.7. The lowest BCUT2D eigenvalue weighted by Crippen LogP contribution is -2.50. The molecule has 2 aromatic carbocycles.